The first-order valence-electron chi connectivity index (χ1n) is 11.7. The van der Waals surface area contributed by atoms with Crippen LogP contribution in [0, 0.1) is 35.9 Å². The van der Waals surface area contributed by atoms with Crippen molar-refractivity contribution in [2.75, 3.05) is 32.7 Å². The van der Waals surface area contributed by atoms with Gasteiger partial charge < -0.3 is 10.2 Å². The Kier molecular flexibility index (Phi) is 7.21. The molecule has 11 heteroatoms. The van der Waals surface area contributed by atoms with Crippen molar-refractivity contribution in [3.63, 3.8) is 0 Å². The maximum absolute atomic E-state index is 14.1. The first-order valence-corrected chi connectivity index (χ1v) is 13.1. The van der Waals surface area contributed by atoms with Crippen LogP contribution < -0.4 is 5.32 Å². The summed E-state index contributed by atoms with van der Waals surface area (Å²) in [5.74, 6) is -1.72. The number of benzene rings is 1. The summed E-state index contributed by atoms with van der Waals surface area (Å²) in [6.07, 6.45) is 2.32. The number of piperidine rings is 1. The van der Waals surface area contributed by atoms with E-state index in [1.54, 1.807) is 24.0 Å². The van der Waals surface area contributed by atoms with E-state index in [1.165, 1.54) is 14.7 Å². The molecule has 1 N–H and O–H groups in total. The molecule has 3 aliphatic heterocycles. The first-order chi connectivity index (χ1) is 16.2. The Morgan fingerprint density at radius 2 is 1.88 bits per heavy atom. The van der Waals surface area contributed by atoms with Crippen LogP contribution in [0.5, 0.6) is 0 Å². The summed E-state index contributed by atoms with van der Waals surface area (Å²) in [4.78, 5) is 27.7. The van der Waals surface area contributed by atoms with Crippen molar-refractivity contribution in [2.45, 2.75) is 45.2 Å². The molecule has 0 spiro atoms. The Bertz CT molecular complexity index is 1100. The van der Waals surface area contributed by atoms with Gasteiger partial charge in [0.2, 0.25) is 11.8 Å². The molecule has 34 heavy (non-hydrogen) atoms. The van der Waals surface area contributed by atoms with Crippen LogP contribution in [0.3, 0.4) is 0 Å². The van der Waals surface area contributed by atoms with Gasteiger partial charge in [0.15, 0.2) is 0 Å². The fourth-order valence-electron chi connectivity index (χ4n) is 4.86. The van der Waals surface area contributed by atoms with Gasteiger partial charge in [-0.1, -0.05) is 12.1 Å². The molecule has 3 saturated heterocycles. The van der Waals surface area contributed by atoms with Crippen molar-refractivity contribution in [1.82, 2.24) is 18.8 Å². The summed E-state index contributed by atoms with van der Waals surface area (Å²) in [5.41, 5.74) is 1.18. The van der Waals surface area contributed by atoms with E-state index in [9.17, 15) is 22.4 Å². The summed E-state index contributed by atoms with van der Waals surface area (Å²) in [7, 11) is -3.70. The van der Waals surface area contributed by atoms with Crippen LogP contribution >= 0.6 is 0 Å². The van der Waals surface area contributed by atoms with Crippen molar-refractivity contribution < 1.29 is 22.4 Å². The average molecular weight is 492 g/mol. The average Bonchev–Trinajstić information content (AvgIpc) is 3.27. The third-order valence-electron chi connectivity index (χ3n) is 6.92. The number of hydrogen-bond acceptors (Lipinski definition) is 5. The van der Waals surface area contributed by atoms with E-state index >= 15 is 0 Å². The number of aryl methyl sites for hydroxylation is 1. The lowest BCUT2D eigenvalue weighted by Crippen LogP contribution is -2.57. The summed E-state index contributed by atoms with van der Waals surface area (Å²) >= 11 is 0. The van der Waals surface area contributed by atoms with Gasteiger partial charge >= 0.3 is 0 Å². The SMILES string of the molecule is Cc1ccc(CNC(=O)[C@H]2CCCN2C(=O)[C@H]2CCCN(S(=O)(=O)N3CC(C#N)C3)C2)c(F)c1. The van der Waals surface area contributed by atoms with Crippen molar-refractivity contribution in [1.29, 1.82) is 5.26 Å². The molecule has 0 unspecified atom stereocenters. The monoisotopic (exact) mass is 491 g/mol. The van der Waals surface area contributed by atoms with Gasteiger partial charge in [0.25, 0.3) is 10.2 Å². The molecule has 4 rings (SSSR count). The summed E-state index contributed by atoms with van der Waals surface area (Å²) in [5, 5.41) is 11.7. The zero-order valence-electron chi connectivity index (χ0n) is 19.2. The minimum absolute atomic E-state index is 0.0401. The molecule has 1 aromatic rings. The lowest BCUT2D eigenvalue weighted by atomic mass is 9.97. The van der Waals surface area contributed by atoms with Gasteiger partial charge in [0, 0.05) is 44.8 Å². The number of hydrogen-bond donors (Lipinski definition) is 1. The van der Waals surface area contributed by atoms with Crippen LogP contribution in [0.15, 0.2) is 18.2 Å². The molecule has 0 aromatic heterocycles. The highest BCUT2D eigenvalue weighted by molar-refractivity contribution is 7.86. The van der Waals surface area contributed by atoms with Gasteiger partial charge in [0.05, 0.1) is 17.9 Å². The highest BCUT2D eigenvalue weighted by Crippen LogP contribution is 2.29. The number of nitrogens with one attached hydrogen (secondary N) is 1. The molecular weight excluding hydrogens is 461 g/mol. The molecule has 0 bridgehead atoms. The van der Waals surface area contributed by atoms with Crippen molar-refractivity contribution in [3.05, 3.63) is 35.1 Å². The van der Waals surface area contributed by atoms with Crippen LogP contribution in [-0.4, -0.2) is 72.5 Å². The lowest BCUT2D eigenvalue weighted by Gasteiger charge is -2.41. The maximum atomic E-state index is 14.1. The number of carbonyl (C=O) groups is 2. The Hall–Kier alpha value is -2.55. The van der Waals surface area contributed by atoms with Gasteiger partial charge in [-0.3, -0.25) is 9.59 Å². The third-order valence-corrected chi connectivity index (χ3v) is 8.85. The number of rotatable bonds is 6. The molecule has 9 nitrogen and oxygen atoms in total. The third kappa shape index (κ3) is 4.94. The second kappa shape index (κ2) is 9.98. The molecule has 3 fully saturated rings. The normalized spacial score (nSPS) is 24.4. The van der Waals surface area contributed by atoms with Crippen LogP contribution in [0.1, 0.15) is 36.8 Å². The maximum Gasteiger partial charge on any atom is 0.282 e. The number of likely N-dealkylation sites (tertiary alicyclic amines) is 1. The fourth-order valence-corrected chi connectivity index (χ4v) is 6.65. The Balaban J connectivity index is 1.36. The summed E-state index contributed by atoms with van der Waals surface area (Å²) in [6.45, 7) is 3.05. The van der Waals surface area contributed by atoms with E-state index < -0.39 is 22.2 Å². The number of nitriles is 1. The molecule has 0 aliphatic carbocycles. The first kappa shape index (κ1) is 24.6. The molecule has 1 aromatic carbocycles. The predicted octanol–water partition coefficient (Wildman–Crippen LogP) is 1.15. The van der Waals surface area contributed by atoms with Crippen LogP contribution in [0.4, 0.5) is 4.39 Å². The number of halogens is 1. The second-order valence-electron chi connectivity index (χ2n) is 9.35. The fraction of sp³-hybridized carbons (Fsp3) is 0.609. The lowest BCUT2D eigenvalue weighted by molar-refractivity contribution is -0.142. The summed E-state index contributed by atoms with van der Waals surface area (Å²) in [6, 6.07) is 6.25. The van der Waals surface area contributed by atoms with Gasteiger partial charge in [-0.15, -0.1) is 0 Å². The van der Waals surface area contributed by atoms with Gasteiger partial charge in [-0.05, 0) is 44.2 Å². The minimum atomic E-state index is -3.70. The smallest absolute Gasteiger partial charge is 0.282 e. The number of nitrogens with zero attached hydrogens (tertiary/aromatic N) is 4. The van der Waals surface area contributed by atoms with E-state index in [2.05, 4.69) is 11.4 Å². The second-order valence-corrected chi connectivity index (χ2v) is 11.3. The standard InChI is InChI=1S/C23H30FN5O4S/c1-16-6-7-18(20(24)10-16)12-26-22(30)21-5-3-9-29(21)23(31)19-4-2-8-27(15-19)34(32,33)28-13-17(11-25)14-28/h6-7,10,17,19,21H,2-5,8-9,12-15H2,1H3,(H,26,30)/t19-,21+/m0/s1. The van der Waals surface area contributed by atoms with Gasteiger partial charge in [-0.25, -0.2) is 4.39 Å². The molecule has 2 atom stereocenters. The zero-order valence-corrected chi connectivity index (χ0v) is 20.1. The largest absolute Gasteiger partial charge is 0.350 e. The van der Waals surface area contributed by atoms with E-state index in [0.29, 0.717) is 44.3 Å². The highest BCUT2D eigenvalue weighted by atomic mass is 32.2. The molecule has 0 saturated carbocycles. The van der Waals surface area contributed by atoms with E-state index in [1.807, 2.05) is 0 Å². The minimum Gasteiger partial charge on any atom is -0.350 e. The topological polar surface area (TPSA) is 114 Å². The Morgan fingerprint density at radius 3 is 2.59 bits per heavy atom. The highest BCUT2D eigenvalue weighted by Gasteiger charge is 2.44. The molecule has 3 aliphatic rings. The van der Waals surface area contributed by atoms with E-state index in [-0.39, 0.29) is 49.7 Å². The Morgan fingerprint density at radius 1 is 1.15 bits per heavy atom. The predicted molar refractivity (Wildman–Crippen MR) is 122 cm³/mol. The van der Waals surface area contributed by atoms with Crippen molar-refractivity contribution in [2.24, 2.45) is 11.8 Å². The molecule has 2 amide bonds. The summed E-state index contributed by atoms with van der Waals surface area (Å²) < 4.78 is 42.5. The molecule has 3 heterocycles. The molecule has 0 radical (unpaired) electrons. The molecular formula is C23H30FN5O4S. The van der Waals surface area contributed by atoms with Crippen molar-refractivity contribution >= 4 is 22.0 Å². The quantitative estimate of drug-likeness (QED) is 0.641. The van der Waals surface area contributed by atoms with Crippen LogP contribution in [0.2, 0.25) is 0 Å². The zero-order chi connectivity index (χ0) is 24.5. The van der Waals surface area contributed by atoms with Crippen LogP contribution in [-0.2, 0) is 26.3 Å². The van der Waals surface area contributed by atoms with Crippen LogP contribution in [0.25, 0.3) is 0 Å². The molecule has 184 valence electrons. The number of carbonyl (C=O) groups excluding carboxylic acids is 2. The Labute approximate surface area is 199 Å². The van der Waals surface area contributed by atoms with Gasteiger partial charge in [-0.2, -0.15) is 22.3 Å². The van der Waals surface area contributed by atoms with E-state index in [0.717, 1.165) is 5.56 Å². The number of amides is 2. The van der Waals surface area contributed by atoms with Gasteiger partial charge in [0.1, 0.15) is 11.9 Å². The van der Waals surface area contributed by atoms with E-state index in [4.69, 9.17) is 5.26 Å². The van der Waals surface area contributed by atoms with Crippen molar-refractivity contribution in [3.8, 4) is 6.07 Å².